The van der Waals surface area contributed by atoms with E-state index in [4.69, 9.17) is 14.3 Å². The Morgan fingerprint density at radius 2 is 1.64 bits per heavy atom. The van der Waals surface area contributed by atoms with E-state index < -0.39 is 29.7 Å². The largest absolute Gasteiger partial charge is 0.573 e. The van der Waals surface area contributed by atoms with E-state index >= 15 is 0 Å². The maximum Gasteiger partial charge on any atom is 0.573 e. The van der Waals surface area contributed by atoms with Crippen molar-refractivity contribution in [2.75, 3.05) is 31.0 Å². The Labute approximate surface area is 257 Å². The molecule has 1 heterocycles. The van der Waals surface area contributed by atoms with Crippen LogP contribution in [0.25, 0.3) is 0 Å². The number of amides is 1. The number of aliphatic carboxylic acids is 1. The highest BCUT2D eigenvalue weighted by Gasteiger charge is 2.54. The van der Waals surface area contributed by atoms with Crippen LogP contribution >= 0.6 is 0 Å². The van der Waals surface area contributed by atoms with E-state index in [1.807, 2.05) is 0 Å². The Hall–Kier alpha value is -4.94. The summed E-state index contributed by atoms with van der Waals surface area (Å²) in [5.74, 6) is -1.000. The van der Waals surface area contributed by atoms with Crippen molar-refractivity contribution in [3.63, 3.8) is 0 Å². The van der Waals surface area contributed by atoms with Crippen molar-refractivity contribution in [1.82, 2.24) is 0 Å². The average molecular weight is 628 g/mol. The summed E-state index contributed by atoms with van der Waals surface area (Å²) in [5.41, 5.74) is 0.826. The zero-order valence-corrected chi connectivity index (χ0v) is 25.0. The van der Waals surface area contributed by atoms with E-state index in [1.165, 1.54) is 51.3 Å². The van der Waals surface area contributed by atoms with Crippen molar-refractivity contribution >= 4 is 29.5 Å². The Bertz CT molecular complexity index is 1620. The second-order valence-corrected chi connectivity index (χ2v) is 11.4. The van der Waals surface area contributed by atoms with Gasteiger partial charge in [-0.25, -0.2) is 4.79 Å². The molecule has 5 rings (SSSR count). The monoisotopic (exact) mass is 627 g/mol. The van der Waals surface area contributed by atoms with Gasteiger partial charge in [0, 0.05) is 35.3 Å². The van der Waals surface area contributed by atoms with Crippen molar-refractivity contribution < 1.29 is 46.9 Å². The maximum atomic E-state index is 14.4. The summed E-state index contributed by atoms with van der Waals surface area (Å²) in [6.45, 7) is 3.03. The number of carboxylic acids is 1. The van der Waals surface area contributed by atoms with E-state index in [-0.39, 0.29) is 11.3 Å². The lowest BCUT2D eigenvalue weighted by Gasteiger charge is -2.27. The number of alkyl halides is 3. The van der Waals surface area contributed by atoms with E-state index in [1.54, 1.807) is 48.5 Å². The molecule has 2 aliphatic rings. The minimum atomic E-state index is -4.88. The van der Waals surface area contributed by atoms with Gasteiger partial charge in [0.15, 0.2) is 0 Å². The first-order valence-corrected chi connectivity index (χ1v) is 14.0. The number of methoxy groups -OCH3 is 2. The number of carbonyl (C=O) groups is 2. The Morgan fingerprint density at radius 3 is 2.24 bits per heavy atom. The molecule has 13 heteroatoms. The van der Waals surface area contributed by atoms with Crippen LogP contribution in [0.4, 0.5) is 24.5 Å². The van der Waals surface area contributed by atoms with Gasteiger partial charge >= 0.3 is 12.3 Å². The number of rotatable bonds is 11. The molecule has 45 heavy (non-hydrogen) atoms. The van der Waals surface area contributed by atoms with Crippen molar-refractivity contribution in [2.45, 2.75) is 50.1 Å². The first-order valence-electron chi connectivity index (χ1n) is 14.0. The molecule has 1 amide bonds. The summed E-state index contributed by atoms with van der Waals surface area (Å²) < 4.78 is 54.1. The third-order valence-electron chi connectivity index (χ3n) is 7.81. The molecule has 0 radical (unpaired) electrons. The number of fused-ring (bicyclic) bond motifs is 2. The molecule has 1 unspecified atom stereocenters. The van der Waals surface area contributed by atoms with Crippen LogP contribution in [0, 0.1) is 0 Å². The molecule has 10 nitrogen and oxygen atoms in total. The Balaban J connectivity index is 1.50. The van der Waals surface area contributed by atoms with Gasteiger partial charge < -0.3 is 34.4 Å². The molecule has 0 saturated heterocycles. The summed E-state index contributed by atoms with van der Waals surface area (Å²) in [6, 6.07) is 15.0. The molecule has 1 aliphatic carbocycles. The molecule has 1 saturated carbocycles. The summed E-state index contributed by atoms with van der Waals surface area (Å²) in [5, 5.41) is 16.4. The number of hydrogen-bond acceptors (Lipinski definition) is 8. The topological polar surface area (TPSA) is 119 Å². The van der Waals surface area contributed by atoms with Gasteiger partial charge in [-0.05, 0) is 68.1 Å². The van der Waals surface area contributed by atoms with Crippen molar-refractivity contribution in [3.8, 4) is 17.2 Å². The summed E-state index contributed by atoms with van der Waals surface area (Å²) in [6.07, 6.45) is -1.95. The quantitative estimate of drug-likeness (QED) is 0.195. The number of carboxylic acid groups (broad SMARTS) is 1. The van der Waals surface area contributed by atoms with E-state index in [9.17, 15) is 27.9 Å². The molecule has 0 bridgehead atoms. The second kappa shape index (κ2) is 11.9. The third-order valence-corrected chi connectivity index (χ3v) is 7.81. The number of benzene rings is 3. The molecule has 1 fully saturated rings. The first kappa shape index (κ1) is 31.5. The molecule has 3 aromatic carbocycles. The van der Waals surface area contributed by atoms with Crippen LogP contribution in [0.1, 0.15) is 49.4 Å². The average Bonchev–Trinajstić information content (AvgIpc) is 3.70. The number of carbonyl (C=O) groups excluding carboxylic acids is 1. The molecule has 238 valence electrons. The van der Waals surface area contributed by atoms with Gasteiger partial charge in [0.05, 0.1) is 26.1 Å². The SMILES string of the molecule is COc1ccc(C(Nc2cc(/C=N/OC(C)(C)C(=O)O)cc(OC)c2)C(=O)N2CC3(CC3)c3ccc(OC(F)(F)F)cc32)cc1. The lowest BCUT2D eigenvalue weighted by Crippen LogP contribution is -2.38. The zero-order chi connectivity index (χ0) is 32.6. The van der Waals surface area contributed by atoms with Gasteiger partial charge in [-0.2, -0.15) is 0 Å². The Kier molecular flexibility index (Phi) is 8.30. The lowest BCUT2D eigenvalue weighted by atomic mass is 9.99. The van der Waals surface area contributed by atoms with Crippen LogP contribution in [-0.4, -0.2) is 55.9 Å². The van der Waals surface area contributed by atoms with Crippen LogP contribution in [0.5, 0.6) is 17.2 Å². The highest BCUT2D eigenvalue weighted by Crippen LogP contribution is 2.57. The minimum Gasteiger partial charge on any atom is -0.497 e. The molecule has 0 aromatic heterocycles. The fraction of sp³-hybridized carbons (Fsp3) is 0.344. The summed E-state index contributed by atoms with van der Waals surface area (Å²) in [7, 11) is 2.99. The summed E-state index contributed by atoms with van der Waals surface area (Å²) >= 11 is 0. The molecule has 1 atom stereocenters. The van der Waals surface area contributed by atoms with Gasteiger partial charge in [0.25, 0.3) is 5.91 Å². The highest BCUT2D eigenvalue weighted by molar-refractivity contribution is 6.02. The second-order valence-electron chi connectivity index (χ2n) is 11.4. The molecule has 1 spiro atoms. The van der Waals surface area contributed by atoms with Crippen molar-refractivity contribution in [2.24, 2.45) is 5.16 Å². The molecule has 3 aromatic rings. The van der Waals surface area contributed by atoms with Crippen molar-refractivity contribution in [3.05, 3.63) is 77.4 Å². The Morgan fingerprint density at radius 1 is 0.978 bits per heavy atom. The highest BCUT2D eigenvalue weighted by atomic mass is 19.4. The normalized spacial score (nSPS) is 15.8. The molecule has 1 aliphatic heterocycles. The van der Waals surface area contributed by atoms with Gasteiger partial charge in [-0.1, -0.05) is 23.4 Å². The molecular formula is C32H32F3N3O7. The lowest BCUT2D eigenvalue weighted by molar-refractivity contribution is -0.274. The predicted octanol–water partition coefficient (Wildman–Crippen LogP) is 6.05. The number of anilines is 2. The zero-order valence-electron chi connectivity index (χ0n) is 25.0. The number of nitrogens with zero attached hydrogens (tertiary/aromatic N) is 2. The van der Waals surface area contributed by atoms with E-state index in [2.05, 4.69) is 15.2 Å². The smallest absolute Gasteiger partial charge is 0.497 e. The first-order chi connectivity index (χ1) is 21.2. The standard InChI is InChI=1S/C32H32F3N3O7/c1-30(2,29(40)41)45-36-17-19-13-21(15-24(14-19)43-4)37-27(20-5-7-22(42-3)8-6-20)28(39)38-18-31(11-12-31)25-10-9-23(16-26(25)38)44-32(33,34)35/h5-10,13-17,27,37H,11-12,18H2,1-4H3,(H,40,41)/b36-17+. The summed E-state index contributed by atoms with van der Waals surface area (Å²) in [4.78, 5) is 32.4. The fourth-order valence-corrected chi connectivity index (χ4v) is 5.19. The van der Waals surface area contributed by atoms with Gasteiger partial charge in [0.1, 0.15) is 23.3 Å². The van der Waals surface area contributed by atoms with Crippen LogP contribution in [-0.2, 0) is 19.8 Å². The molecule has 2 N–H and O–H groups in total. The number of hydrogen-bond donors (Lipinski definition) is 2. The third kappa shape index (κ3) is 6.92. The maximum absolute atomic E-state index is 14.4. The van der Waals surface area contributed by atoms with Gasteiger partial charge in [-0.3, -0.25) is 4.79 Å². The van der Waals surface area contributed by atoms with Crippen molar-refractivity contribution in [1.29, 1.82) is 0 Å². The van der Waals surface area contributed by atoms with Crippen LogP contribution in [0.3, 0.4) is 0 Å². The van der Waals surface area contributed by atoms with Crippen LogP contribution < -0.4 is 24.4 Å². The number of halogens is 3. The van der Waals surface area contributed by atoms with E-state index in [0.717, 1.165) is 18.4 Å². The minimum absolute atomic E-state index is 0.310. The molecular weight excluding hydrogens is 595 g/mol. The van der Waals surface area contributed by atoms with Gasteiger partial charge in [0.2, 0.25) is 5.60 Å². The van der Waals surface area contributed by atoms with Crippen LogP contribution in [0.2, 0.25) is 0 Å². The number of oxime groups is 1. The van der Waals surface area contributed by atoms with Gasteiger partial charge in [-0.15, -0.1) is 13.2 Å². The predicted molar refractivity (Wildman–Crippen MR) is 159 cm³/mol. The number of nitrogens with one attached hydrogen (secondary N) is 1. The number of ether oxygens (including phenoxy) is 3. The van der Waals surface area contributed by atoms with E-state index in [0.29, 0.717) is 40.5 Å². The van der Waals surface area contributed by atoms with Crippen LogP contribution in [0.15, 0.2) is 65.8 Å². The fourth-order valence-electron chi connectivity index (χ4n) is 5.19.